The van der Waals surface area contributed by atoms with Gasteiger partial charge in [0.05, 0.1) is 12.3 Å². The number of rotatable bonds is 7. The number of alkyl carbamates (subject to hydrolysis) is 1. The molecule has 0 radical (unpaired) electrons. The van der Waals surface area contributed by atoms with E-state index in [0.29, 0.717) is 35.6 Å². The van der Waals surface area contributed by atoms with Crippen molar-refractivity contribution in [1.82, 2.24) is 29.9 Å². The first-order valence-electron chi connectivity index (χ1n) is 11.5. The first-order chi connectivity index (χ1) is 17.0. The smallest absolute Gasteiger partial charge is 0.443 e. The van der Waals surface area contributed by atoms with E-state index in [1.54, 1.807) is 13.0 Å². The number of nitrogens with one attached hydrogen (secondary N) is 3. The molecule has 2 saturated carbocycles. The Morgan fingerprint density at radius 3 is 2.83 bits per heavy atom. The van der Waals surface area contributed by atoms with Crippen molar-refractivity contribution in [2.75, 3.05) is 5.32 Å². The molecule has 3 aromatic rings. The summed E-state index contributed by atoms with van der Waals surface area (Å²) in [6.07, 6.45) is -2.10. The van der Waals surface area contributed by atoms with Crippen molar-refractivity contribution >= 4 is 23.5 Å². The van der Waals surface area contributed by atoms with Crippen LogP contribution < -0.4 is 10.6 Å². The molecular weight excluding hydrogens is 486 g/mol. The van der Waals surface area contributed by atoms with Crippen LogP contribution in [0.5, 0.6) is 0 Å². The molecule has 3 heterocycles. The van der Waals surface area contributed by atoms with Crippen LogP contribution in [0.3, 0.4) is 0 Å². The van der Waals surface area contributed by atoms with Gasteiger partial charge in [0.15, 0.2) is 5.82 Å². The van der Waals surface area contributed by atoms with Crippen molar-refractivity contribution in [3.8, 4) is 0 Å². The van der Waals surface area contributed by atoms with E-state index in [-0.39, 0.29) is 17.2 Å². The van der Waals surface area contributed by atoms with Crippen molar-refractivity contribution < 1.29 is 31.8 Å². The van der Waals surface area contributed by atoms with Crippen molar-refractivity contribution in [2.45, 2.75) is 76.2 Å². The molecule has 1 amide bonds. The molecule has 0 saturated heterocycles. The Hall–Kier alpha value is -3.42. The van der Waals surface area contributed by atoms with Gasteiger partial charge in [0.25, 0.3) is 0 Å². The van der Waals surface area contributed by atoms with E-state index in [4.69, 9.17) is 4.74 Å². The molecule has 14 heteroatoms. The van der Waals surface area contributed by atoms with Crippen LogP contribution in [0.25, 0.3) is 5.65 Å². The lowest BCUT2D eigenvalue weighted by molar-refractivity contribution is -0.330. The highest BCUT2D eigenvalue weighted by atomic mass is 19.4. The number of anilines is 2. The molecule has 0 unspecified atom stereocenters. The van der Waals surface area contributed by atoms with E-state index >= 15 is 4.39 Å². The first-order valence-corrected chi connectivity index (χ1v) is 11.5. The maximum absolute atomic E-state index is 15.1. The number of imidazole rings is 1. The van der Waals surface area contributed by atoms with Crippen molar-refractivity contribution in [3.05, 3.63) is 35.4 Å². The number of hydrogen-bond acceptors (Lipinski definition) is 7. The molecule has 2 aliphatic rings. The maximum Gasteiger partial charge on any atom is 0.522 e. The second-order valence-electron chi connectivity index (χ2n) is 9.52. The largest absolute Gasteiger partial charge is 0.522 e. The number of alkyl halides is 4. The molecule has 0 spiro atoms. The Morgan fingerprint density at radius 1 is 1.33 bits per heavy atom. The second kappa shape index (κ2) is 8.91. The van der Waals surface area contributed by atoms with E-state index in [1.807, 2.05) is 6.92 Å². The summed E-state index contributed by atoms with van der Waals surface area (Å²) in [7, 11) is 0. The van der Waals surface area contributed by atoms with Gasteiger partial charge in [0.1, 0.15) is 17.9 Å². The van der Waals surface area contributed by atoms with Gasteiger partial charge in [-0.25, -0.2) is 19.2 Å². The molecule has 194 valence electrons. The van der Waals surface area contributed by atoms with Gasteiger partial charge >= 0.3 is 12.5 Å². The van der Waals surface area contributed by atoms with Crippen molar-refractivity contribution in [1.29, 1.82) is 0 Å². The normalized spacial score (nSPS) is 23.1. The van der Waals surface area contributed by atoms with Gasteiger partial charge < -0.3 is 15.4 Å². The quantitative estimate of drug-likeness (QED) is 0.402. The number of fused-ring (bicyclic) bond motifs is 1. The third-order valence-corrected chi connectivity index (χ3v) is 6.50. The molecule has 5 rings (SSSR count). The van der Waals surface area contributed by atoms with Crippen LogP contribution in [0.4, 0.5) is 34.1 Å². The van der Waals surface area contributed by atoms with Crippen molar-refractivity contribution in [2.24, 2.45) is 0 Å². The molecule has 2 fully saturated rings. The summed E-state index contributed by atoms with van der Waals surface area (Å²) in [5.74, 6) is 0.0576. The van der Waals surface area contributed by atoms with E-state index in [1.165, 1.54) is 16.8 Å². The summed E-state index contributed by atoms with van der Waals surface area (Å²) in [6, 6.07) is 1.63. The standard InChI is InChI=1S/C22H25F4N7O3/c1-11-8-27-19(33-9-12(28-18(11)33)10-35-22(24,25)26)29-16-7-14(31-32-16)13-3-4-15(17(13)23)36-20(34)30-21(2)5-6-21/h7-9,13,15,17H,3-6,10H2,1-2H3,(H,30,34)(H2,27,29,31,32)/t13-,15-,17-/m1/s1. The fraction of sp³-hybridized carbons (Fsp3) is 0.545. The highest BCUT2D eigenvalue weighted by molar-refractivity contribution is 5.69. The minimum atomic E-state index is -4.77. The molecule has 0 bridgehead atoms. The Balaban J connectivity index is 1.26. The van der Waals surface area contributed by atoms with Crippen LogP contribution in [0.1, 0.15) is 55.5 Å². The van der Waals surface area contributed by atoms with Gasteiger partial charge in [-0.2, -0.15) is 5.10 Å². The Kier molecular flexibility index (Phi) is 6.01. The molecule has 36 heavy (non-hydrogen) atoms. The molecule has 0 aromatic carbocycles. The first kappa shape index (κ1) is 24.3. The fourth-order valence-electron chi connectivity index (χ4n) is 4.27. The average molecular weight is 511 g/mol. The number of H-pyrrole nitrogens is 1. The molecule has 10 nitrogen and oxygen atoms in total. The third kappa shape index (κ3) is 5.22. The van der Waals surface area contributed by atoms with Crippen LogP contribution in [0.15, 0.2) is 18.5 Å². The minimum absolute atomic E-state index is 0.0752. The van der Waals surface area contributed by atoms with Gasteiger partial charge in [-0.05, 0) is 39.5 Å². The Bertz CT molecular complexity index is 1270. The second-order valence-corrected chi connectivity index (χ2v) is 9.52. The number of halogens is 4. The number of hydrogen-bond donors (Lipinski definition) is 3. The number of aryl methyl sites for hydroxylation is 1. The zero-order chi connectivity index (χ0) is 25.7. The highest BCUT2D eigenvalue weighted by Crippen LogP contribution is 2.39. The lowest BCUT2D eigenvalue weighted by atomic mass is 10.0. The average Bonchev–Trinajstić information content (AvgIpc) is 3.16. The van der Waals surface area contributed by atoms with Gasteiger partial charge in [0.2, 0.25) is 5.95 Å². The summed E-state index contributed by atoms with van der Waals surface area (Å²) < 4.78 is 63.0. The number of aromatic nitrogens is 5. The number of ether oxygens (including phenoxy) is 2. The zero-order valence-corrected chi connectivity index (χ0v) is 19.5. The molecule has 3 N–H and O–H groups in total. The number of carbonyl (C=O) groups excluding carboxylic acids is 1. The summed E-state index contributed by atoms with van der Waals surface area (Å²) in [4.78, 5) is 20.5. The number of nitrogens with zero attached hydrogens (tertiary/aromatic N) is 4. The molecule has 2 aliphatic carbocycles. The maximum atomic E-state index is 15.1. The Labute approximate surface area is 202 Å². The summed E-state index contributed by atoms with van der Waals surface area (Å²) in [5, 5.41) is 12.7. The number of amides is 1. The molecule has 3 aromatic heterocycles. The van der Waals surface area contributed by atoms with Gasteiger partial charge in [-0.15, -0.1) is 13.2 Å². The monoisotopic (exact) mass is 511 g/mol. The molecular formula is C22H25F4N7O3. The third-order valence-electron chi connectivity index (χ3n) is 6.50. The van der Waals surface area contributed by atoms with Crippen LogP contribution >= 0.6 is 0 Å². The SMILES string of the molecule is Cc1cnc(Nc2cc([C@H]3CC[C@@H](OC(=O)NC4(C)CC4)[C@@H]3F)[nH]n2)n2cc(COC(F)(F)F)nc12. The van der Waals surface area contributed by atoms with Crippen LogP contribution in [-0.2, 0) is 16.1 Å². The molecule has 3 atom stereocenters. The Morgan fingerprint density at radius 2 is 2.11 bits per heavy atom. The predicted octanol–water partition coefficient (Wildman–Crippen LogP) is 4.40. The van der Waals surface area contributed by atoms with Crippen LogP contribution in [0, 0.1) is 6.92 Å². The van der Waals surface area contributed by atoms with E-state index < -0.39 is 37.3 Å². The van der Waals surface area contributed by atoms with E-state index in [9.17, 15) is 18.0 Å². The number of aromatic amines is 1. The highest BCUT2D eigenvalue weighted by Gasteiger charge is 2.43. The zero-order valence-electron chi connectivity index (χ0n) is 19.5. The lowest BCUT2D eigenvalue weighted by Gasteiger charge is -2.19. The summed E-state index contributed by atoms with van der Waals surface area (Å²) in [5.41, 5.74) is 1.41. The van der Waals surface area contributed by atoms with Crippen LogP contribution in [-0.4, -0.2) is 54.8 Å². The lowest BCUT2D eigenvalue weighted by Crippen LogP contribution is -2.38. The van der Waals surface area contributed by atoms with Gasteiger partial charge in [0, 0.05) is 41.2 Å². The van der Waals surface area contributed by atoms with Gasteiger partial charge in [-0.1, -0.05) is 0 Å². The van der Waals surface area contributed by atoms with Crippen molar-refractivity contribution in [3.63, 3.8) is 0 Å². The van der Waals surface area contributed by atoms with E-state index in [0.717, 1.165) is 12.8 Å². The number of carbonyl (C=O) groups is 1. The van der Waals surface area contributed by atoms with Gasteiger partial charge in [-0.3, -0.25) is 14.2 Å². The fourth-order valence-corrected chi connectivity index (χ4v) is 4.27. The predicted molar refractivity (Wildman–Crippen MR) is 118 cm³/mol. The summed E-state index contributed by atoms with van der Waals surface area (Å²) >= 11 is 0. The summed E-state index contributed by atoms with van der Waals surface area (Å²) in [6.45, 7) is 2.90. The topological polar surface area (TPSA) is 118 Å². The van der Waals surface area contributed by atoms with E-state index in [2.05, 4.69) is 35.5 Å². The van der Waals surface area contributed by atoms with Crippen LogP contribution in [0.2, 0.25) is 0 Å². The minimum Gasteiger partial charge on any atom is -0.443 e. The molecule has 0 aliphatic heterocycles.